The molecule has 5 nitrogen and oxygen atoms in total. The summed E-state index contributed by atoms with van der Waals surface area (Å²) in [7, 11) is 0. The van der Waals surface area contributed by atoms with Gasteiger partial charge in [0.05, 0.1) is 18.1 Å². The second kappa shape index (κ2) is 6.09. The zero-order valence-corrected chi connectivity index (χ0v) is 15.0. The van der Waals surface area contributed by atoms with Crippen molar-refractivity contribution in [3.05, 3.63) is 71.6 Å². The van der Waals surface area contributed by atoms with Gasteiger partial charge in [-0.15, -0.1) is 11.3 Å². The maximum Gasteiger partial charge on any atom is 0.141 e. The molecule has 126 valence electrons. The van der Waals surface area contributed by atoms with Crippen molar-refractivity contribution in [3.63, 3.8) is 0 Å². The van der Waals surface area contributed by atoms with Crippen LogP contribution < -0.4 is 0 Å². The number of fused-ring (bicyclic) bond motifs is 1. The molecule has 0 aliphatic heterocycles. The normalized spacial score (nSPS) is 11.3. The van der Waals surface area contributed by atoms with E-state index < -0.39 is 0 Å². The van der Waals surface area contributed by atoms with Crippen molar-refractivity contribution in [1.29, 1.82) is 0 Å². The smallest absolute Gasteiger partial charge is 0.141 e. The molecule has 5 aromatic rings. The van der Waals surface area contributed by atoms with E-state index in [2.05, 4.69) is 36.8 Å². The number of nitrogens with one attached hydrogen (secondary N) is 1. The first kappa shape index (κ1) is 15.3. The standard InChI is InChI=1S/C19H12ClN5S/c20-14-4-1-12(2-5-14)18-15(9-23-24-18)13-3-6-17-22-10-16(25(17)11-13)19-21-7-8-26-19/h1-11H,(H,23,24). The van der Waals surface area contributed by atoms with Gasteiger partial charge in [0, 0.05) is 39.5 Å². The monoisotopic (exact) mass is 377 g/mol. The number of hydrogen-bond acceptors (Lipinski definition) is 4. The van der Waals surface area contributed by atoms with Gasteiger partial charge in [0.15, 0.2) is 0 Å². The summed E-state index contributed by atoms with van der Waals surface area (Å²) in [5.74, 6) is 0. The van der Waals surface area contributed by atoms with E-state index in [1.54, 1.807) is 17.5 Å². The average molecular weight is 378 g/mol. The Kier molecular flexibility index (Phi) is 3.58. The Bertz CT molecular complexity index is 1190. The Balaban J connectivity index is 1.65. The van der Waals surface area contributed by atoms with Crippen molar-refractivity contribution < 1.29 is 0 Å². The quantitative estimate of drug-likeness (QED) is 0.472. The van der Waals surface area contributed by atoms with Gasteiger partial charge in [-0.25, -0.2) is 9.97 Å². The van der Waals surface area contributed by atoms with Crippen LogP contribution >= 0.6 is 22.9 Å². The molecular weight excluding hydrogens is 366 g/mol. The van der Waals surface area contributed by atoms with Gasteiger partial charge in [0.1, 0.15) is 16.3 Å². The molecule has 0 atom stereocenters. The Morgan fingerprint density at radius 2 is 1.81 bits per heavy atom. The van der Waals surface area contributed by atoms with Gasteiger partial charge in [-0.05, 0) is 24.3 Å². The van der Waals surface area contributed by atoms with E-state index in [0.29, 0.717) is 5.02 Å². The van der Waals surface area contributed by atoms with Crippen LogP contribution in [0.5, 0.6) is 0 Å². The Morgan fingerprint density at radius 1 is 0.962 bits per heavy atom. The minimum Gasteiger partial charge on any atom is -0.297 e. The van der Waals surface area contributed by atoms with Gasteiger partial charge in [-0.3, -0.25) is 9.50 Å². The maximum absolute atomic E-state index is 6.01. The molecule has 0 unspecified atom stereocenters. The lowest BCUT2D eigenvalue weighted by molar-refractivity contribution is 1.10. The highest BCUT2D eigenvalue weighted by Gasteiger charge is 2.13. The Hall–Kier alpha value is -2.96. The zero-order valence-electron chi connectivity index (χ0n) is 13.4. The molecule has 4 heterocycles. The van der Waals surface area contributed by atoms with Crippen LogP contribution in [0.1, 0.15) is 0 Å². The summed E-state index contributed by atoms with van der Waals surface area (Å²) in [6, 6.07) is 11.8. The van der Waals surface area contributed by atoms with Crippen LogP contribution in [-0.4, -0.2) is 24.6 Å². The number of nitrogens with zero attached hydrogens (tertiary/aromatic N) is 4. The molecule has 0 saturated carbocycles. The van der Waals surface area contributed by atoms with Gasteiger partial charge >= 0.3 is 0 Å². The molecule has 0 saturated heterocycles. The predicted octanol–water partition coefficient (Wildman–Crippen LogP) is 5.17. The summed E-state index contributed by atoms with van der Waals surface area (Å²) in [5.41, 5.74) is 5.92. The molecule has 5 rings (SSSR count). The summed E-state index contributed by atoms with van der Waals surface area (Å²) >= 11 is 7.61. The topological polar surface area (TPSA) is 58.9 Å². The lowest BCUT2D eigenvalue weighted by atomic mass is 10.0. The second-order valence-corrected chi connectivity index (χ2v) is 7.12. The van der Waals surface area contributed by atoms with Crippen LogP contribution in [0.4, 0.5) is 0 Å². The Labute approximate surface area is 158 Å². The van der Waals surface area contributed by atoms with Gasteiger partial charge in [-0.1, -0.05) is 23.7 Å². The molecule has 1 N–H and O–H groups in total. The number of hydrogen-bond donors (Lipinski definition) is 1. The zero-order chi connectivity index (χ0) is 17.5. The van der Waals surface area contributed by atoms with Crippen LogP contribution in [-0.2, 0) is 0 Å². The van der Waals surface area contributed by atoms with E-state index in [0.717, 1.165) is 38.7 Å². The first-order valence-corrected chi connectivity index (χ1v) is 9.22. The number of aromatic amines is 1. The van der Waals surface area contributed by atoms with Crippen LogP contribution in [0.15, 0.2) is 66.6 Å². The third-order valence-corrected chi connectivity index (χ3v) is 5.29. The third-order valence-electron chi connectivity index (χ3n) is 4.24. The molecule has 26 heavy (non-hydrogen) atoms. The van der Waals surface area contributed by atoms with Crippen molar-refractivity contribution in [3.8, 4) is 33.1 Å². The van der Waals surface area contributed by atoms with Gasteiger partial charge < -0.3 is 0 Å². The van der Waals surface area contributed by atoms with Crippen LogP contribution in [0.25, 0.3) is 38.7 Å². The van der Waals surface area contributed by atoms with Crippen LogP contribution in [0.3, 0.4) is 0 Å². The molecule has 0 aliphatic carbocycles. The number of aromatic nitrogens is 5. The van der Waals surface area contributed by atoms with Crippen molar-refractivity contribution in [1.82, 2.24) is 24.6 Å². The number of pyridine rings is 1. The maximum atomic E-state index is 6.01. The Morgan fingerprint density at radius 3 is 2.62 bits per heavy atom. The SMILES string of the molecule is Clc1ccc(-c2[nH]ncc2-c2ccc3ncc(-c4nccs4)n3c2)cc1. The molecule has 0 aliphatic rings. The average Bonchev–Trinajstić information content (AvgIpc) is 3.41. The highest BCUT2D eigenvalue weighted by atomic mass is 35.5. The van der Waals surface area contributed by atoms with Crippen molar-refractivity contribution in [2.45, 2.75) is 0 Å². The highest BCUT2D eigenvalue weighted by molar-refractivity contribution is 7.13. The minimum atomic E-state index is 0.711. The summed E-state index contributed by atoms with van der Waals surface area (Å²) in [6.07, 6.45) is 7.57. The fourth-order valence-electron chi connectivity index (χ4n) is 2.99. The molecule has 0 bridgehead atoms. The van der Waals surface area contributed by atoms with Gasteiger partial charge in [0.25, 0.3) is 0 Å². The molecule has 1 aromatic carbocycles. The summed E-state index contributed by atoms with van der Waals surface area (Å²) in [6.45, 7) is 0. The fourth-order valence-corrected chi connectivity index (χ4v) is 3.76. The number of benzene rings is 1. The van der Waals surface area contributed by atoms with Gasteiger partial charge in [0.2, 0.25) is 0 Å². The molecular formula is C19H12ClN5S. The van der Waals surface area contributed by atoms with Crippen LogP contribution in [0.2, 0.25) is 5.02 Å². The van der Waals surface area contributed by atoms with Crippen molar-refractivity contribution in [2.24, 2.45) is 0 Å². The van der Waals surface area contributed by atoms with E-state index in [-0.39, 0.29) is 0 Å². The number of rotatable bonds is 3. The molecule has 0 radical (unpaired) electrons. The molecule has 0 fully saturated rings. The van der Waals surface area contributed by atoms with Crippen molar-refractivity contribution >= 4 is 28.6 Å². The summed E-state index contributed by atoms with van der Waals surface area (Å²) < 4.78 is 2.06. The predicted molar refractivity (Wildman–Crippen MR) is 104 cm³/mol. The first-order valence-electron chi connectivity index (χ1n) is 7.96. The third kappa shape index (κ3) is 2.51. The number of halogens is 1. The van der Waals surface area contributed by atoms with Crippen molar-refractivity contribution in [2.75, 3.05) is 0 Å². The summed E-state index contributed by atoms with van der Waals surface area (Å²) in [4.78, 5) is 8.88. The molecule has 0 amide bonds. The highest BCUT2D eigenvalue weighted by Crippen LogP contribution is 2.32. The fraction of sp³-hybridized carbons (Fsp3) is 0. The number of H-pyrrole nitrogens is 1. The molecule has 4 aromatic heterocycles. The lowest BCUT2D eigenvalue weighted by Crippen LogP contribution is -1.90. The largest absolute Gasteiger partial charge is 0.297 e. The second-order valence-electron chi connectivity index (χ2n) is 5.79. The van der Waals surface area contributed by atoms with Gasteiger partial charge in [-0.2, -0.15) is 5.10 Å². The number of thiazole rings is 1. The minimum absolute atomic E-state index is 0.711. The van der Waals surface area contributed by atoms with E-state index in [1.165, 1.54) is 0 Å². The van der Waals surface area contributed by atoms with Crippen LogP contribution in [0, 0.1) is 0 Å². The van der Waals surface area contributed by atoms with E-state index in [9.17, 15) is 0 Å². The molecule has 7 heteroatoms. The van der Waals surface area contributed by atoms with E-state index in [4.69, 9.17) is 11.6 Å². The van der Waals surface area contributed by atoms with E-state index in [1.807, 2.05) is 48.1 Å². The van der Waals surface area contributed by atoms with E-state index >= 15 is 0 Å². The summed E-state index contributed by atoms with van der Waals surface area (Å²) in [5, 5.41) is 11.0. The number of imidazole rings is 1. The first-order chi connectivity index (χ1) is 12.8. The molecule has 0 spiro atoms. The lowest BCUT2D eigenvalue weighted by Gasteiger charge is -2.06.